The Balaban J connectivity index is 1.64. The van der Waals surface area contributed by atoms with Gasteiger partial charge in [-0.3, -0.25) is 14.1 Å². The van der Waals surface area contributed by atoms with Crippen molar-refractivity contribution in [3.63, 3.8) is 0 Å². The number of piperidine rings is 1. The highest BCUT2D eigenvalue weighted by atomic mass is 32.2. The first-order chi connectivity index (χ1) is 19.9. The summed E-state index contributed by atoms with van der Waals surface area (Å²) in [5, 5.41) is 3.22. The molecule has 0 radical (unpaired) electrons. The third-order valence-corrected chi connectivity index (χ3v) is 10.8. The summed E-state index contributed by atoms with van der Waals surface area (Å²) in [6.07, 6.45) is 5.49. The lowest BCUT2D eigenvalue weighted by molar-refractivity contribution is 0.0964. The summed E-state index contributed by atoms with van der Waals surface area (Å²) in [5.41, 5.74) is 4.12. The molecule has 1 aliphatic heterocycles. The molecule has 2 aromatic heterocycles. The second-order valence-electron chi connectivity index (χ2n) is 10.7. The van der Waals surface area contributed by atoms with Gasteiger partial charge in [0, 0.05) is 56.6 Å². The lowest BCUT2D eigenvalue weighted by Crippen LogP contribution is -2.40. The lowest BCUT2D eigenvalue weighted by Gasteiger charge is -2.34. The van der Waals surface area contributed by atoms with Crippen LogP contribution in [0.4, 0.5) is 5.69 Å². The summed E-state index contributed by atoms with van der Waals surface area (Å²) in [4.78, 5) is 17.2. The van der Waals surface area contributed by atoms with Crippen molar-refractivity contribution in [2.45, 2.75) is 31.4 Å². The number of aromatic nitrogens is 1. The van der Waals surface area contributed by atoms with Gasteiger partial charge < -0.3 is 9.73 Å². The molecule has 0 spiro atoms. The molecular formula is C30H34N4O6S2. The number of amides is 1. The molecule has 4 aromatic rings. The lowest BCUT2D eigenvalue weighted by atomic mass is 9.89. The van der Waals surface area contributed by atoms with Crippen LogP contribution in [0.1, 0.15) is 45.8 Å². The summed E-state index contributed by atoms with van der Waals surface area (Å²) < 4.78 is 61.2. The number of fused-ring (bicyclic) bond motifs is 1. The Hall–Kier alpha value is -3.74. The molecule has 0 bridgehead atoms. The first-order valence-corrected chi connectivity index (χ1v) is 17.0. The maximum absolute atomic E-state index is 13.4. The number of anilines is 1. The molecule has 0 unspecified atom stereocenters. The van der Waals surface area contributed by atoms with Crippen LogP contribution in [0.25, 0.3) is 22.3 Å². The van der Waals surface area contributed by atoms with Gasteiger partial charge in [-0.2, -0.15) is 0 Å². The highest BCUT2D eigenvalue weighted by Gasteiger charge is 2.33. The molecule has 222 valence electrons. The number of benzene rings is 2. The number of nitrogens with zero attached hydrogens (tertiary/aromatic N) is 3. The topological polar surface area (TPSA) is 130 Å². The maximum atomic E-state index is 13.4. The third-order valence-electron chi connectivity index (χ3n) is 7.76. The Morgan fingerprint density at radius 3 is 2.43 bits per heavy atom. The Morgan fingerprint density at radius 2 is 1.79 bits per heavy atom. The minimum Gasteiger partial charge on any atom is -0.455 e. The van der Waals surface area contributed by atoms with Gasteiger partial charge in [-0.25, -0.2) is 21.1 Å². The van der Waals surface area contributed by atoms with Crippen LogP contribution in [0.3, 0.4) is 0 Å². The highest BCUT2D eigenvalue weighted by Crippen LogP contribution is 2.42. The highest BCUT2D eigenvalue weighted by molar-refractivity contribution is 7.92. The van der Waals surface area contributed by atoms with E-state index in [0.29, 0.717) is 64.1 Å². The first-order valence-electron chi connectivity index (χ1n) is 13.6. The van der Waals surface area contributed by atoms with E-state index in [1.54, 1.807) is 43.7 Å². The Labute approximate surface area is 246 Å². The SMILES string of the molecule is CNC(=O)c1c(-c2ccc(C)cc2)oc2cc(N(C)S(C)(=O)=O)c([C@H]3CCCN(S(=O)(=O)Cc4ccncc4)C3)cc12. The molecule has 1 saturated heterocycles. The monoisotopic (exact) mass is 610 g/mol. The number of sulfonamides is 2. The van der Waals surface area contributed by atoms with Gasteiger partial charge in [0.15, 0.2) is 0 Å². The third kappa shape index (κ3) is 5.92. The van der Waals surface area contributed by atoms with Crippen molar-refractivity contribution in [2.75, 3.05) is 37.7 Å². The molecule has 5 rings (SSSR count). The predicted molar refractivity (Wildman–Crippen MR) is 163 cm³/mol. The largest absolute Gasteiger partial charge is 0.455 e. The van der Waals surface area contributed by atoms with Crippen LogP contribution in [-0.4, -0.2) is 65.5 Å². The molecule has 1 atom stereocenters. The predicted octanol–water partition coefficient (Wildman–Crippen LogP) is 4.27. The van der Waals surface area contributed by atoms with Crippen LogP contribution in [0.5, 0.6) is 0 Å². The maximum Gasteiger partial charge on any atom is 0.255 e. The standard InChI is InChI=1S/C30H34N4O6S2/c1-20-7-9-22(10-8-20)29-28(30(35)31-2)25-16-24(26(17-27(25)40-29)33(3)41(4,36)37)23-6-5-15-34(18-23)42(38,39)19-21-11-13-32-14-12-21/h7-14,16-17,23H,5-6,15,18-19H2,1-4H3,(H,31,35)/t23-/m0/s1. The van der Waals surface area contributed by atoms with E-state index in [1.165, 1.54) is 15.7 Å². The van der Waals surface area contributed by atoms with E-state index in [1.807, 2.05) is 31.2 Å². The molecule has 1 fully saturated rings. The number of nitrogens with one attached hydrogen (secondary N) is 1. The summed E-state index contributed by atoms with van der Waals surface area (Å²) >= 11 is 0. The summed E-state index contributed by atoms with van der Waals surface area (Å²) in [7, 11) is -4.32. The number of hydrogen-bond acceptors (Lipinski definition) is 7. The fourth-order valence-corrected chi connectivity index (χ4v) is 7.54. The zero-order valence-corrected chi connectivity index (χ0v) is 25.6. The molecule has 2 aromatic carbocycles. The van der Waals surface area contributed by atoms with E-state index < -0.39 is 20.0 Å². The quantitative estimate of drug-likeness (QED) is 0.315. The molecule has 1 aliphatic rings. The van der Waals surface area contributed by atoms with E-state index in [-0.39, 0.29) is 24.1 Å². The zero-order chi connectivity index (χ0) is 30.2. The van der Waals surface area contributed by atoms with Crippen LogP contribution >= 0.6 is 0 Å². The van der Waals surface area contributed by atoms with Crippen molar-refractivity contribution in [1.29, 1.82) is 0 Å². The minimum atomic E-state index is -3.67. The summed E-state index contributed by atoms with van der Waals surface area (Å²) in [6, 6.07) is 14.4. The van der Waals surface area contributed by atoms with Crippen molar-refractivity contribution >= 4 is 42.6 Å². The van der Waals surface area contributed by atoms with Crippen LogP contribution in [0.2, 0.25) is 0 Å². The second kappa shape index (κ2) is 11.5. The van der Waals surface area contributed by atoms with Crippen molar-refractivity contribution < 1.29 is 26.0 Å². The zero-order valence-electron chi connectivity index (χ0n) is 24.0. The van der Waals surface area contributed by atoms with Crippen molar-refractivity contribution in [3.8, 4) is 11.3 Å². The van der Waals surface area contributed by atoms with E-state index >= 15 is 0 Å². The molecule has 3 heterocycles. The Bertz CT molecular complexity index is 1840. The van der Waals surface area contributed by atoms with Crippen LogP contribution in [0, 0.1) is 6.92 Å². The molecule has 0 aliphatic carbocycles. The van der Waals surface area contributed by atoms with E-state index in [4.69, 9.17) is 4.42 Å². The number of rotatable bonds is 8. The number of pyridine rings is 1. The second-order valence-corrected chi connectivity index (χ2v) is 14.7. The van der Waals surface area contributed by atoms with Gasteiger partial charge in [0.1, 0.15) is 11.3 Å². The average Bonchev–Trinajstić information content (AvgIpc) is 3.34. The van der Waals surface area contributed by atoms with Crippen molar-refractivity contribution in [3.05, 3.63) is 83.2 Å². The smallest absolute Gasteiger partial charge is 0.255 e. The number of aryl methyl sites for hydroxylation is 1. The average molecular weight is 611 g/mol. The van der Waals surface area contributed by atoms with Gasteiger partial charge in [-0.15, -0.1) is 0 Å². The van der Waals surface area contributed by atoms with E-state index in [0.717, 1.165) is 11.8 Å². The van der Waals surface area contributed by atoms with Gasteiger partial charge in [0.2, 0.25) is 20.0 Å². The summed E-state index contributed by atoms with van der Waals surface area (Å²) in [6.45, 7) is 2.52. The Kier molecular flexibility index (Phi) is 8.15. The summed E-state index contributed by atoms with van der Waals surface area (Å²) in [5.74, 6) is -0.436. The molecule has 12 heteroatoms. The first kappa shape index (κ1) is 29.7. The van der Waals surface area contributed by atoms with E-state index in [2.05, 4.69) is 10.3 Å². The molecule has 10 nitrogen and oxygen atoms in total. The number of carbonyl (C=O) groups excluding carboxylic acids is 1. The number of furan rings is 1. The van der Waals surface area contributed by atoms with Gasteiger partial charge >= 0.3 is 0 Å². The van der Waals surface area contributed by atoms with Crippen molar-refractivity contribution in [1.82, 2.24) is 14.6 Å². The van der Waals surface area contributed by atoms with Gasteiger partial charge in [-0.05, 0) is 55.0 Å². The van der Waals surface area contributed by atoms with E-state index in [9.17, 15) is 21.6 Å². The van der Waals surface area contributed by atoms with Gasteiger partial charge in [0.05, 0.1) is 23.3 Å². The fourth-order valence-electron chi connectivity index (χ4n) is 5.42. The Morgan fingerprint density at radius 1 is 1.10 bits per heavy atom. The normalized spacial score (nSPS) is 16.4. The fraction of sp³-hybridized carbons (Fsp3) is 0.333. The van der Waals surface area contributed by atoms with Crippen molar-refractivity contribution in [2.24, 2.45) is 0 Å². The molecule has 0 saturated carbocycles. The molecule has 42 heavy (non-hydrogen) atoms. The minimum absolute atomic E-state index is 0.153. The van der Waals surface area contributed by atoms with Crippen LogP contribution in [-0.2, 0) is 25.8 Å². The molecule has 1 N–H and O–H groups in total. The molecular weight excluding hydrogens is 576 g/mol. The number of hydrogen-bond donors (Lipinski definition) is 1. The number of carbonyl (C=O) groups is 1. The van der Waals surface area contributed by atoms with Gasteiger partial charge in [-0.1, -0.05) is 29.8 Å². The van der Waals surface area contributed by atoms with Gasteiger partial charge in [0.25, 0.3) is 5.91 Å². The van der Waals surface area contributed by atoms with Crippen LogP contribution in [0.15, 0.2) is 65.3 Å². The van der Waals surface area contributed by atoms with Crippen LogP contribution < -0.4 is 9.62 Å². The molecule has 1 amide bonds.